The number of rotatable bonds is 5. The monoisotopic (exact) mass is 353 g/mol. The maximum absolute atomic E-state index is 12.8. The molecule has 1 aromatic carbocycles. The first-order valence-corrected chi connectivity index (χ1v) is 8.64. The molecule has 1 amide bonds. The van der Waals surface area contributed by atoms with Gasteiger partial charge in [-0.25, -0.2) is 0 Å². The highest BCUT2D eigenvalue weighted by Gasteiger charge is 2.55. The molecule has 0 radical (unpaired) electrons. The van der Waals surface area contributed by atoms with Gasteiger partial charge < -0.3 is 14.4 Å². The fourth-order valence-electron chi connectivity index (χ4n) is 3.02. The zero-order chi connectivity index (χ0) is 14.9. The number of benzene rings is 1. The molecule has 3 rings (SSSR count). The lowest BCUT2D eigenvalue weighted by Gasteiger charge is -2.21. The van der Waals surface area contributed by atoms with Crippen LogP contribution < -0.4 is 4.90 Å². The van der Waals surface area contributed by atoms with Crippen molar-refractivity contribution >= 4 is 27.5 Å². The minimum atomic E-state index is -1.19. The van der Waals surface area contributed by atoms with Crippen molar-refractivity contribution in [2.24, 2.45) is 0 Å². The van der Waals surface area contributed by atoms with Crippen LogP contribution in [-0.4, -0.2) is 31.0 Å². The number of halogens is 1. The van der Waals surface area contributed by atoms with Gasteiger partial charge in [-0.3, -0.25) is 4.79 Å². The number of hydrogen-bond acceptors (Lipinski definition) is 3. The molecule has 0 bridgehead atoms. The Balaban J connectivity index is 2.01. The highest BCUT2D eigenvalue weighted by molar-refractivity contribution is 9.09. The lowest BCUT2D eigenvalue weighted by molar-refractivity contribution is -0.180. The van der Waals surface area contributed by atoms with Gasteiger partial charge in [0, 0.05) is 17.4 Å². The Morgan fingerprint density at radius 3 is 2.76 bits per heavy atom. The van der Waals surface area contributed by atoms with Crippen molar-refractivity contribution in [1.82, 2.24) is 0 Å². The van der Waals surface area contributed by atoms with Crippen molar-refractivity contribution in [2.75, 3.05) is 30.0 Å². The van der Waals surface area contributed by atoms with E-state index in [9.17, 15) is 4.79 Å². The second-order valence-electron chi connectivity index (χ2n) is 5.41. The van der Waals surface area contributed by atoms with Crippen LogP contribution in [0, 0.1) is 0 Å². The molecule has 1 saturated heterocycles. The number of fused-ring (bicyclic) bond motifs is 2. The first kappa shape index (κ1) is 15.0. The Kier molecular flexibility index (Phi) is 4.33. The van der Waals surface area contributed by atoms with Gasteiger partial charge in [0.05, 0.1) is 18.9 Å². The van der Waals surface area contributed by atoms with Gasteiger partial charge >= 0.3 is 0 Å². The van der Waals surface area contributed by atoms with Crippen molar-refractivity contribution in [3.8, 4) is 0 Å². The van der Waals surface area contributed by atoms with Crippen LogP contribution >= 0.6 is 15.9 Å². The van der Waals surface area contributed by atoms with Crippen LogP contribution in [0.2, 0.25) is 0 Å². The lowest BCUT2D eigenvalue weighted by atomic mass is 10.0. The minimum Gasteiger partial charge on any atom is -0.336 e. The van der Waals surface area contributed by atoms with E-state index in [0.29, 0.717) is 19.8 Å². The highest BCUT2D eigenvalue weighted by atomic mass is 79.9. The molecule has 0 atom stereocenters. The summed E-state index contributed by atoms with van der Waals surface area (Å²) in [6.45, 7) is 3.73. The van der Waals surface area contributed by atoms with E-state index >= 15 is 0 Å². The molecule has 2 aliphatic heterocycles. The average molecular weight is 354 g/mol. The number of anilines is 1. The van der Waals surface area contributed by atoms with Crippen LogP contribution in [0.5, 0.6) is 0 Å². The molecular weight excluding hydrogens is 334 g/mol. The van der Waals surface area contributed by atoms with Crippen LogP contribution in [0.3, 0.4) is 0 Å². The highest BCUT2D eigenvalue weighted by Crippen LogP contribution is 2.46. The fourth-order valence-corrected chi connectivity index (χ4v) is 3.37. The number of alkyl halides is 1. The van der Waals surface area contributed by atoms with E-state index in [0.717, 1.165) is 35.8 Å². The Morgan fingerprint density at radius 1 is 1.33 bits per heavy atom. The van der Waals surface area contributed by atoms with Gasteiger partial charge in [0.1, 0.15) is 0 Å². The number of nitrogens with zero attached hydrogens (tertiary/aromatic N) is 1. The van der Waals surface area contributed by atoms with Gasteiger partial charge in [-0.15, -0.1) is 0 Å². The number of hydrogen-bond donors (Lipinski definition) is 0. The molecule has 5 heteroatoms. The molecule has 0 saturated carbocycles. The van der Waals surface area contributed by atoms with E-state index in [1.807, 2.05) is 6.07 Å². The second-order valence-corrected chi connectivity index (χ2v) is 6.21. The summed E-state index contributed by atoms with van der Waals surface area (Å²) in [5, 5.41) is 0.728. The topological polar surface area (TPSA) is 38.8 Å². The number of unbranched alkanes of at least 4 members (excludes halogenated alkanes) is 1. The zero-order valence-electron chi connectivity index (χ0n) is 12.2. The summed E-state index contributed by atoms with van der Waals surface area (Å²) < 4.78 is 11.5. The van der Waals surface area contributed by atoms with Crippen molar-refractivity contribution < 1.29 is 14.3 Å². The van der Waals surface area contributed by atoms with E-state index in [-0.39, 0.29) is 5.91 Å². The smallest absolute Gasteiger partial charge is 0.292 e. The van der Waals surface area contributed by atoms with Crippen LogP contribution in [0.25, 0.3) is 0 Å². The molecule has 2 heterocycles. The van der Waals surface area contributed by atoms with Gasteiger partial charge in [0.15, 0.2) is 0 Å². The third-order valence-corrected chi connectivity index (χ3v) is 4.41. The standard InChI is InChI=1S/C16H20BrNO3/c1-2-3-4-12-5-6-14-13(11-12)16(20-9-10-21-16)15(19)18(14)8-7-17/h5-6,11H,2-4,7-10H2,1H3. The van der Waals surface area contributed by atoms with E-state index in [1.165, 1.54) is 5.56 Å². The van der Waals surface area contributed by atoms with Crippen LogP contribution in [0.4, 0.5) is 5.69 Å². The van der Waals surface area contributed by atoms with E-state index < -0.39 is 5.79 Å². The number of amides is 1. The molecule has 2 aliphatic rings. The van der Waals surface area contributed by atoms with Crippen LogP contribution in [-0.2, 0) is 26.5 Å². The van der Waals surface area contributed by atoms with Crippen molar-refractivity contribution in [3.05, 3.63) is 29.3 Å². The molecule has 0 N–H and O–H groups in total. The van der Waals surface area contributed by atoms with Gasteiger partial charge in [0.2, 0.25) is 0 Å². The summed E-state index contributed by atoms with van der Waals surface area (Å²) in [6, 6.07) is 6.22. The first-order valence-electron chi connectivity index (χ1n) is 7.52. The Morgan fingerprint density at radius 2 is 2.10 bits per heavy atom. The van der Waals surface area contributed by atoms with Crippen molar-refractivity contribution in [2.45, 2.75) is 32.0 Å². The second kappa shape index (κ2) is 6.07. The summed E-state index contributed by atoms with van der Waals surface area (Å²) in [6.07, 6.45) is 3.32. The minimum absolute atomic E-state index is 0.0953. The number of carbonyl (C=O) groups is 1. The Bertz CT molecular complexity index is 540. The summed E-state index contributed by atoms with van der Waals surface area (Å²) in [4.78, 5) is 14.5. The number of aryl methyl sites for hydroxylation is 1. The fraction of sp³-hybridized carbons (Fsp3) is 0.562. The molecule has 1 aromatic rings. The van der Waals surface area contributed by atoms with Gasteiger partial charge in [-0.2, -0.15) is 0 Å². The van der Waals surface area contributed by atoms with E-state index in [4.69, 9.17) is 9.47 Å². The quantitative estimate of drug-likeness (QED) is 0.764. The third-order valence-electron chi connectivity index (χ3n) is 4.05. The normalized spacial score (nSPS) is 19.5. The Labute approximate surface area is 133 Å². The SMILES string of the molecule is CCCCc1ccc2c(c1)C1(OCCO1)C(=O)N2CCBr. The molecule has 0 aliphatic carbocycles. The van der Waals surface area contributed by atoms with Gasteiger partial charge in [-0.05, 0) is 30.5 Å². The third kappa shape index (κ3) is 2.41. The molecule has 0 aromatic heterocycles. The lowest BCUT2D eigenvalue weighted by Crippen LogP contribution is -2.41. The molecule has 21 heavy (non-hydrogen) atoms. The summed E-state index contributed by atoms with van der Waals surface area (Å²) in [5.41, 5.74) is 3.03. The summed E-state index contributed by atoms with van der Waals surface area (Å²) >= 11 is 3.41. The maximum atomic E-state index is 12.8. The predicted octanol–water partition coefficient (Wildman–Crippen LogP) is 2.97. The Hall–Kier alpha value is -0.910. The number of carbonyl (C=O) groups excluding carboxylic acids is 1. The molecule has 1 fully saturated rings. The van der Waals surface area contributed by atoms with Crippen LogP contribution in [0.1, 0.15) is 30.9 Å². The van der Waals surface area contributed by atoms with E-state index in [1.54, 1.807) is 4.90 Å². The molecule has 1 spiro atoms. The summed E-state index contributed by atoms with van der Waals surface area (Å²) in [7, 11) is 0. The zero-order valence-corrected chi connectivity index (χ0v) is 13.8. The van der Waals surface area contributed by atoms with E-state index in [2.05, 4.69) is 35.0 Å². The van der Waals surface area contributed by atoms with Crippen LogP contribution in [0.15, 0.2) is 18.2 Å². The largest absolute Gasteiger partial charge is 0.336 e. The van der Waals surface area contributed by atoms with Gasteiger partial charge in [-0.1, -0.05) is 35.3 Å². The first-order chi connectivity index (χ1) is 10.2. The molecule has 0 unspecified atom stereocenters. The molecule has 114 valence electrons. The van der Waals surface area contributed by atoms with Crippen molar-refractivity contribution in [1.29, 1.82) is 0 Å². The number of ether oxygens (including phenoxy) is 2. The average Bonchev–Trinajstić information content (AvgIpc) is 3.07. The predicted molar refractivity (Wildman–Crippen MR) is 84.8 cm³/mol. The van der Waals surface area contributed by atoms with Gasteiger partial charge in [0.25, 0.3) is 11.7 Å². The molecule has 4 nitrogen and oxygen atoms in total. The summed E-state index contributed by atoms with van der Waals surface area (Å²) in [5.74, 6) is -1.29. The van der Waals surface area contributed by atoms with Crippen molar-refractivity contribution in [3.63, 3.8) is 0 Å². The maximum Gasteiger partial charge on any atom is 0.292 e. The molecular formula is C16H20BrNO3.